The van der Waals surface area contributed by atoms with Crippen LogP contribution in [-0.4, -0.2) is 45.8 Å². The second kappa shape index (κ2) is 5.82. The van der Waals surface area contributed by atoms with Crippen molar-refractivity contribution in [3.63, 3.8) is 0 Å². The van der Waals surface area contributed by atoms with Crippen molar-refractivity contribution in [1.29, 1.82) is 0 Å². The van der Waals surface area contributed by atoms with Gasteiger partial charge in [0.2, 0.25) is 0 Å². The lowest BCUT2D eigenvalue weighted by Crippen LogP contribution is -2.53. The molecule has 2 fully saturated rings. The largest absolute Gasteiger partial charge is 0.334 e. The van der Waals surface area contributed by atoms with Gasteiger partial charge in [-0.25, -0.2) is 4.68 Å². The lowest BCUT2D eigenvalue weighted by molar-refractivity contribution is 0.0691. The maximum atomic E-state index is 12.7. The summed E-state index contributed by atoms with van der Waals surface area (Å²) in [7, 11) is 0. The van der Waals surface area contributed by atoms with Gasteiger partial charge in [0.25, 0.3) is 5.91 Å². The van der Waals surface area contributed by atoms with Crippen LogP contribution in [0.3, 0.4) is 0 Å². The van der Waals surface area contributed by atoms with Crippen LogP contribution >= 0.6 is 23.2 Å². The van der Waals surface area contributed by atoms with Gasteiger partial charge in [-0.2, -0.15) is 5.10 Å². The van der Waals surface area contributed by atoms with Crippen LogP contribution in [-0.2, 0) is 0 Å². The van der Waals surface area contributed by atoms with Crippen LogP contribution in [0, 0.1) is 0 Å². The molecule has 7 heteroatoms. The molecule has 2 aliphatic heterocycles. The van der Waals surface area contributed by atoms with E-state index in [1.807, 2.05) is 4.90 Å². The highest BCUT2D eigenvalue weighted by Crippen LogP contribution is 2.25. The number of amides is 1. The zero-order valence-electron chi connectivity index (χ0n) is 12.4. The number of hydrogen-bond acceptors (Lipinski definition) is 3. The molecule has 1 aromatic heterocycles. The number of hydrogen-bond donors (Lipinski definition) is 1. The fraction of sp³-hybridized carbons (Fsp3) is 0.375. The minimum absolute atomic E-state index is 0.0211. The first kappa shape index (κ1) is 15.0. The first-order chi connectivity index (χ1) is 11.1. The predicted molar refractivity (Wildman–Crippen MR) is 89.4 cm³/mol. The number of rotatable bonds is 2. The fourth-order valence-electron chi connectivity index (χ4n) is 3.36. The minimum atomic E-state index is -0.0211. The van der Waals surface area contributed by atoms with Crippen LogP contribution in [0.4, 0.5) is 0 Å². The van der Waals surface area contributed by atoms with E-state index in [1.54, 1.807) is 35.1 Å². The van der Waals surface area contributed by atoms with Crippen molar-refractivity contribution in [2.24, 2.45) is 0 Å². The van der Waals surface area contributed by atoms with Gasteiger partial charge in [-0.3, -0.25) is 4.79 Å². The second-order valence-electron chi connectivity index (χ2n) is 6.09. The summed E-state index contributed by atoms with van der Waals surface area (Å²) < 4.78 is 1.61. The van der Waals surface area contributed by atoms with E-state index in [0.717, 1.165) is 25.9 Å². The zero-order valence-corrected chi connectivity index (χ0v) is 13.9. The Labute approximate surface area is 144 Å². The summed E-state index contributed by atoms with van der Waals surface area (Å²) in [5.74, 6) is -0.0211. The van der Waals surface area contributed by atoms with Gasteiger partial charge in [0.15, 0.2) is 5.69 Å². The third-order valence-corrected chi connectivity index (χ3v) is 5.01. The third-order valence-electron chi connectivity index (χ3n) is 4.47. The van der Waals surface area contributed by atoms with Crippen molar-refractivity contribution < 1.29 is 4.79 Å². The summed E-state index contributed by atoms with van der Waals surface area (Å²) in [5, 5.41) is 8.98. The summed E-state index contributed by atoms with van der Waals surface area (Å²) in [6.45, 7) is 1.51. The number of halogens is 2. The maximum Gasteiger partial charge on any atom is 0.274 e. The number of nitrogens with zero attached hydrogens (tertiary/aromatic N) is 3. The van der Waals surface area contributed by atoms with Crippen molar-refractivity contribution in [3.8, 4) is 5.69 Å². The molecule has 2 saturated heterocycles. The van der Waals surface area contributed by atoms with E-state index in [-0.39, 0.29) is 5.91 Å². The number of aromatic nitrogens is 2. The molecule has 4 rings (SSSR count). The molecule has 1 amide bonds. The molecule has 2 atom stereocenters. The molecule has 1 aromatic carbocycles. The van der Waals surface area contributed by atoms with Crippen LogP contribution in [0.5, 0.6) is 0 Å². The lowest BCUT2D eigenvalue weighted by atomic mass is 10.2. The molecule has 0 spiro atoms. The van der Waals surface area contributed by atoms with Crippen LogP contribution in [0.1, 0.15) is 23.3 Å². The van der Waals surface area contributed by atoms with E-state index in [2.05, 4.69) is 10.4 Å². The summed E-state index contributed by atoms with van der Waals surface area (Å²) >= 11 is 12.1. The van der Waals surface area contributed by atoms with Gasteiger partial charge >= 0.3 is 0 Å². The van der Waals surface area contributed by atoms with Crippen molar-refractivity contribution in [2.75, 3.05) is 13.1 Å². The van der Waals surface area contributed by atoms with Crippen molar-refractivity contribution in [2.45, 2.75) is 24.9 Å². The Morgan fingerprint density at radius 1 is 1.17 bits per heavy atom. The second-order valence-corrected chi connectivity index (χ2v) is 6.93. The van der Waals surface area contributed by atoms with Crippen LogP contribution in [0.25, 0.3) is 5.69 Å². The van der Waals surface area contributed by atoms with Crippen LogP contribution < -0.4 is 5.32 Å². The molecule has 1 N–H and O–H groups in total. The maximum absolute atomic E-state index is 12.7. The Bertz CT molecular complexity index is 748. The number of piperazine rings is 1. The van der Waals surface area contributed by atoms with Gasteiger partial charge in [0, 0.05) is 36.4 Å². The molecule has 120 valence electrons. The lowest BCUT2D eigenvalue weighted by Gasteiger charge is -2.32. The van der Waals surface area contributed by atoms with E-state index in [0.29, 0.717) is 33.5 Å². The zero-order chi connectivity index (χ0) is 16.0. The van der Waals surface area contributed by atoms with Crippen molar-refractivity contribution >= 4 is 29.1 Å². The molecule has 2 bridgehead atoms. The summed E-state index contributed by atoms with van der Waals surface area (Å²) in [6, 6.07) is 7.78. The van der Waals surface area contributed by atoms with Gasteiger partial charge in [-0.1, -0.05) is 23.2 Å². The van der Waals surface area contributed by atoms with E-state index in [9.17, 15) is 4.79 Å². The minimum Gasteiger partial charge on any atom is -0.334 e. The molecular formula is C16H16Cl2N4O. The summed E-state index contributed by atoms with van der Waals surface area (Å²) in [5.41, 5.74) is 1.15. The van der Waals surface area contributed by atoms with Crippen molar-refractivity contribution in [1.82, 2.24) is 20.0 Å². The molecule has 2 unspecified atom stereocenters. The Morgan fingerprint density at radius 3 is 2.61 bits per heavy atom. The Morgan fingerprint density at radius 2 is 1.91 bits per heavy atom. The van der Waals surface area contributed by atoms with E-state index in [1.165, 1.54) is 0 Å². The normalized spacial score (nSPS) is 23.3. The molecule has 0 radical (unpaired) electrons. The number of fused-ring (bicyclic) bond motifs is 2. The van der Waals surface area contributed by atoms with Gasteiger partial charge in [-0.15, -0.1) is 0 Å². The highest BCUT2D eigenvalue weighted by atomic mass is 35.5. The number of carbonyl (C=O) groups excluding carboxylic acids is 1. The van der Waals surface area contributed by atoms with Gasteiger partial charge < -0.3 is 10.2 Å². The Kier molecular flexibility index (Phi) is 3.79. The monoisotopic (exact) mass is 350 g/mol. The molecule has 2 aliphatic rings. The first-order valence-corrected chi connectivity index (χ1v) is 8.42. The van der Waals surface area contributed by atoms with E-state index in [4.69, 9.17) is 23.2 Å². The average Bonchev–Trinajstić information content (AvgIpc) is 3.13. The van der Waals surface area contributed by atoms with Crippen LogP contribution in [0.2, 0.25) is 10.0 Å². The molecule has 5 nitrogen and oxygen atoms in total. The highest BCUT2D eigenvalue weighted by molar-refractivity contribution is 6.35. The SMILES string of the molecule is O=C(c1ccn(-c2ccc(Cl)cc2Cl)n1)N1CC2CCC(C1)N2. The highest BCUT2D eigenvalue weighted by Gasteiger charge is 2.35. The van der Waals surface area contributed by atoms with Crippen molar-refractivity contribution in [3.05, 3.63) is 46.2 Å². The Hall–Kier alpha value is -1.56. The average molecular weight is 351 g/mol. The standard InChI is InChI=1S/C16H16Cl2N4O/c17-10-1-4-15(13(18)7-10)22-6-5-14(20-22)16(23)21-8-11-2-3-12(9-21)19-11/h1,4-7,11-12,19H,2-3,8-9H2. The molecule has 23 heavy (non-hydrogen) atoms. The predicted octanol–water partition coefficient (Wildman–Crippen LogP) is 2.76. The Balaban J connectivity index is 1.56. The number of carbonyl (C=O) groups is 1. The number of nitrogens with one attached hydrogen (secondary N) is 1. The molecule has 3 heterocycles. The molecule has 0 saturated carbocycles. The fourth-order valence-corrected chi connectivity index (χ4v) is 3.86. The summed E-state index contributed by atoms with van der Waals surface area (Å²) in [4.78, 5) is 14.6. The quantitative estimate of drug-likeness (QED) is 0.905. The molecular weight excluding hydrogens is 335 g/mol. The van der Waals surface area contributed by atoms with Gasteiger partial charge in [0.05, 0.1) is 10.7 Å². The summed E-state index contributed by atoms with van der Waals surface area (Å²) in [6.07, 6.45) is 4.03. The van der Waals surface area contributed by atoms with Crippen LogP contribution in [0.15, 0.2) is 30.5 Å². The third kappa shape index (κ3) is 2.84. The smallest absolute Gasteiger partial charge is 0.274 e. The number of benzene rings is 1. The topological polar surface area (TPSA) is 50.2 Å². The van der Waals surface area contributed by atoms with E-state index < -0.39 is 0 Å². The van der Waals surface area contributed by atoms with E-state index >= 15 is 0 Å². The molecule has 0 aliphatic carbocycles. The number of likely N-dealkylation sites (tertiary alicyclic amines) is 1. The molecule has 2 aromatic rings. The first-order valence-electron chi connectivity index (χ1n) is 7.66. The van der Waals surface area contributed by atoms with Gasteiger partial charge in [0.1, 0.15) is 0 Å². The van der Waals surface area contributed by atoms with Gasteiger partial charge in [-0.05, 0) is 37.1 Å².